The van der Waals surface area contributed by atoms with Gasteiger partial charge in [0.1, 0.15) is 4.88 Å². The monoisotopic (exact) mass is 306 g/mol. The number of nitrogens with one attached hydrogen (secondary N) is 2. The number of thiophene rings is 1. The van der Waals surface area contributed by atoms with Gasteiger partial charge in [-0.05, 0) is 24.3 Å². The summed E-state index contributed by atoms with van der Waals surface area (Å²) in [5, 5.41) is 11.1. The molecular formula is C13H14N4O3S. The van der Waals surface area contributed by atoms with Crippen molar-refractivity contribution in [3.05, 3.63) is 27.7 Å². The van der Waals surface area contributed by atoms with Crippen molar-refractivity contribution in [3.63, 3.8) is 0 Å². The number of methoxy groups -OCH3 is 1. The topological polar surface area (TPSA) is 110 Å². The molecule has 4 N–H and O–H groups in total. The normalized spacial score (nSPS) is 14.0. The number of ether oxygens (including phenoxy) is 1. The van der Waals surface area contributed by atoms with Crippen LogP contribution < -0.4 is 11.1 Å². The molecule has 0 radical (unpaired) electrons. The van der Waals surface area contributed by atoms with Crippen LogP contribution in [0.25, 0.3) is 0 Å². The fourth-order valence-electron chi connectivity index (χ4n) is 2.06. The first-order valence-electron chi connectivity index (χ1n) is 6.42. The molecule has 0 aliphatic heterocycles. The van der Waals surface area contributed by atoms with Crippen molar-refractivity contribution >= 4 is 34.6 Å². The molecule has 2 heterocycles. The molecule has 7 nitrogen and oxygen atoms in total. The number of esters is 1. The van der Waals surface area contributed by atoms with E-state index in [9.17, 15) is 9.59 Å². The maximum atomic E-state index is 12.2. The number of H-pyrrole nitrogens is 1. The lowest BCUT2D eigenvalue weighted by Gasteiger charge is -2.04. The molecule has 1 aliphatic rings. The van der Waals surface area contributed by atoms with Gasteiger partial charge in [0.25, 0.3) is 5.91 Å². The zero-order chi connectivity index (χ0) is 15.0. The van der Waals surface area contributed by atoms with Crippen LogP contribution in [0.1, 0.15) is 44.6 Å². The van der Waals surface area contributed by atoms with E-state index in [0.29, 0.717) is 22.2 Å². The average Bonchev–Trinajstić information content (AvgIpc) is 3.09. The second kappa shape index (κ2) is 5.21. The Hall–Kier alpha value is -2.35. The van der Waals surface area contributed by atoms with Crippen LogP contribution in [0.2, 0.25) is 0 Å². The van der Waals surface area contributed by atoms with Crippen molar-refractivity contribution in [2.45, 2.75) is 18.8 Å². The highest BCUT2D eigenvalue weighted by Gasteiger charge is 2.30. The van der Waals surface area contributed by atoms with E-state index in [0.717, 1.165) is 18.5 Å². The van der Waals surface area contributed by atoms with E-state index in [1.54, 1.807) is 11.4 Å². The minimum atomic E-state index is -0.492. The Morgan fingerprint density at radius 3 is 2.95 bits per heavy atom. The highest BCUT2D eigenvalue weighted by Crippen LogP contribution is 2.42. The lowest BCUT2D eigenvalue weighted by molar-refractivity contribution is 0.0607. The quantitative estimate of drug-likeness (QED) is 0.748. The van der Waals surface area contributed by atoms with Gasteiger partial charge in [0.05, 0.1) is 24.2 Å². The molecular weight excluding hydrogens is 292 g/mol. The number of nitrogens with zero attached hydrogens (tertiary/aromatic N) is 1. The van der Waals surface area contributed by atoms with Gasteiger partial charge in [0.15, 0.2) is 5.69 Å². The van der Waals surface area contributed by atoms with Gasteiger partial charge >= 0.3 is 5.97 Å². The van der Waals surface area contributed by atoms with Crippen LogP contribution >= 0.6 is 11.3 Å². The SMILES string of the molecule is COC(=O)c1sccc1NC(=O)c1n[nH]c(C2CC2)c1N. The summed E-state index contributed by atoms with van der Waals surface area (Å²) in [7, 11) is 1.29. The molecule has 2 aromatic heterocycles. The number of rotatable bonds is 4. The second-order valence-corrected chi connectivity index (χ2v) is 5.70. The molecule has 0 saturated heterocycles. The number of carbonyl (C=O) groups is 2. The molecule has 1 saturated carbocycles. The first kappa shape index (κ1) is 13.6. The number of nitrogens with two attached hydrogens (primary N) is 1. The third kappa shape index (κ3) is 2.49. The van der Waals surface area contributed by atoms with E-state index in [-0.39, 0.29) is 5.69 Å². The van der Waals surface area contributed by atoms with E-state index < -0.39 is 11.9 Å². The van der Waals surface area contributed by atoms with Crippen LogP contribution in [0.3, 0.4) is 0 Å². The maximum absolute atomic E-state index is 12.2. The van der Waals surface area contributed by atoms with Gasteiger partial charge in [-0.15, -0.1) is 11.3 Å². The van der Waals surface area contributed by atoms with E-state index >= 15 is 0 Å². The van der Waals surface area contributed by atoms with Gasteiger partial charge in [-0.3, -0.25) is 9.89 Å². The Balaban J connectivity index is 1.80. The van der Waals surface area contributed by atoms with Gasteiger partial charge in [-0.25, -0.2) is 4.79 Å². The van der Waals surface area contributed by atoms with Gasteiger partial charge in [0, 0.05) is 5.92 Å². The Morgan fingerprint density at radius 2 is 2.29 bits per heavy atom. The summed E-state index contributed by atoms with van der Waals surface area (Å²) < 4.78 is 4.66. The molecule has 2 aromatic rings. The molecule has 3 rings (SSSR count). The molecule has 110 valence electrons. The summed E-state index contributed by atoms with van der Waals surface area (Å²) in [6.07, 6.45) is 2.12. The zero-order valence-corrected chi connectivity index (χ0v) is 12.1. The van der Waals surface area contributed by atoms with Gasteiger partial charge < -0.3 is 15.8 Å². The van der Waals surface area contributed by atoms with Crippen LogP contribution in [0.15, 0.2) is 11.4 Å². The number of hydrogen-bond acceptors (Lipinski definition) is 6. The summed E-state index contributed by atoms with van der Waals surface area (Å²) in [4.78, 5) is 24.1. The molecule has 0 spiro atoms. The molecule has 1 aliphatic carbocycles. The van der Waals surface area contributed by atoms with Crippen LogP contribution in [0, 0.1) is 0 Å². The van der Waals surface area contributed by atoms with Gasteiger partial charge in [0.2, 0.25) is 0 Å². The summed E-state index contributed by atoms with van der Waals surface area (Å²) in [5.74, 6) is -0.556. The molecule has 0 unspecified atom stereocenters. The Morgan fingerprint density at radius 1 is 1.52 bits per heavy atom. The lowest BCUT2D eigenvalue weighted by atomic mass is 10.2. The molecule has 1 amide bonds. The van der Waals surface area contributed by atoms with Crippen molar-refractivity contribution in [2.75, 3.05) is 18.2 Å². The zero-order valence-electron chi connectivity index (χ0n) is 11.3. The van der Waals surface area contributed by atoms with E-state index in [4.69, 9.17) is 5.73 Å². The molecule has 21 heavy (non-hydrogen) atoms. The fourth-order valence-corrected chi connectivity index (χ4v) is 2.83. The number of amides is 1. The van der Waals surface area contributed by atoms with Crippen LogP contribution in [-0.4, -0.2) is 29.2 Å². The minimum absolute atomic E-state index is 0.152. The second-order valence-electron chi connectivity index (χ2n) is 4.78. The van der Waals surface area contributed by atoms with Crippen molar-refractivity contribution in [2.24, 2.45) is 0 Å². The molecule has 0 bridgehead atoms. The highest BCUT2D eigenvalue weighted by molar-refractivity contribution is 7.12. The van der Waals surface area contributed by atoms with Crippen molar-refractivity contribution in [1.82, 2.24) is 10.2 Å². The fraction of sp³-hybridized carbons (Fsp3) is 0.308. The number of nitrogen functional groups attached to an aromatic ring is 1. The summed E-state index contributed by atoms with van der Waals surface area (Å²) in [5.41, 5.74) is 7.70. The first-order valence-corrected chi connectivity index (χ1v) is 7.30. The van der Waals surface area contributed by atoms with Crippen LogP contribution in [0.5, 0.6) is 0 Å². The van der Waals surface area contributed by atoms with Crippen LogP contribution in [-0.2, 0) is 4.74 Å². The number of aromatic amines is 1. The molecule has 0 aromatic carbocycles. The van der Waals surface area contributed by atoms with Gasteiger partial charge in [-0.1, -0.05) is 0 Å². The summed E-state index contributed by atoms with van der Waals surface area (Å²) in [6, 6.07) is 1.64. The third-order valence-corrected chi connectivity index (χ3v) is 4.21. The van der Waals surface area contributed by atoms with E-state index in [1.165, 1.54) is 18.4 Å². The highest BCUT2D eigenvalue weighted by atomic mass is 32.1. The lowest BCUT2D eigenvalue weighted by Crippen LogP contribution is -2.16. The standard InChI is InChI=1S/C13H14N4O3S/c1-20-13(19)11-7(4-5-21-11)15-12(18)10-8(14)9(16-17-10)6-2-3-6/h4-6H,2-3,14H2,1H3,(H,15,18)(H,16,17). The number of carbonyl (C=O) groups excluding carboxylic acids is 2. The average molecular weight is 306 g/mol. The molecule has 1 fully saturated rings. The number of aromatic nitrogens is 2. The minimum Gasteiger partial charge on any atom is -0.465 e. The summed E-state index contributed by atoms with van der Waals surface area (Å²) >= 11 is 1.19. The van der Waals surface area contributed by atoms with Crippen molar-refractivity contribution in [1.29, 1.82) is 0 Å². The predicted molar refractivity (Wildman–Crippen MR) is 78.6 cm³/mol. The maximum Gasteiger partial charge on any atom is 0.350 e. The Labute approximate surface area is 124 Å². The van der Waals surface area contributed by atoms with E-state index in [2.05, 4.69) is 20.3 Å². The van der Waals surface area contributed by atoms with E-state index in [1.807, 2.05) is 0 Å². The summed E-state index contributed by atoms with van der Waals surface area (Å²) in [6.45, 7) is 0. The Kier molecular flexibility index (Phi) is 3.38. The number of hydrogen-bond donors (Lipinski definition) is 3. The number of anilines is 2. The smallest absolute Gasteiger partial charge is 0.350 e. The molecule has 8 heteroatoms. The van der Waals surface area contributed by atoms with Crippen LogP contribution in [0.4, 0.5) is 11.4 Å². The largest absolute Gasteiger partial charge is 0.465 e. The van der Waals surface area contributed by atoms with Crippen molar-refractivity contribution in [3.8, 4) is 0 Å². The first-order chi connectivity index (χ1) is 10.1. The van der Waals surface area contributed by atoms with Gasteiger partial charge in [-0.2, -0.15) is 5.10 Å². The molecule has 0 atom stereocenters. The third-order valence-electron chi connectivity index (χ3n) is 3.32. The predicted octanol–water partition coefficient (Wildman–Crippen LogP) is 1.97. The van der Waals surface area contributed by atoms with Crippen molar-refractivity contribution < 1.29 is 14.3 Å². The Bertz CT molecular complexity index is 702.